The van der Waals surface area contributed by atoms with E-state index in [1.54, 1.807) is 24.4 Å². The molecule has 1 fully saturated rings. The number of carbonyl (C=O) groups is 2. The highest BCUT2D eigenvalue weighted by molar-refractivity contribution is 7.16. The molecule has 1 aliphatic carbocycles. The maximum absolute atomic E-state index is 14.0. The van der Waals surface area contributed by atoms with Gasteiger partial charge in [0.05, 0.1) is 23.1 Å². The van der Waals surface area contributed by atoms with Crippen LogP contribution in [0.15, 0.2) is 58.7 Å². The molecule has 1 amide bonds. The number of nitrogens with zero attached hydrogens (tertiary/aromatic N) is 2. The maximum atomic E-state index is 14.0. The molecule has 0 atom stereocenters. The molecule has 5 rings (SSSR count). The van der Waals surface area contributed by atoms with Crippen LogP contribution in [-0.4, -0.2) is 28.3 Å². The summed E-state index contributed by atoms with van der Waals surface area (Å²) in [6.45, 7) is 1.77. The zero-order valence-electron chi connectivity index (χ0n) is 19.9. The zero-order valence-corrected chi connectivity index (χ0v) is 21.5. The number of carbonyl (C=O) groups excluding carboxylic acids is 2. The fourth-order valence-electron chi connectivity index (χ4n) is 4.89. The number of anilines is 1. The number of rotatable bonds is 6. The number of aromatic nitrogens is 2. The molecule has 0 saturated heterocycles. The Hall–Kier alpha value is -3.56. The third-order valence-electron chi connectivity index (χ3n) is 6.69. The first kappa shape index (κ1) is 25.1. The van der Waals surface area contributed by atoms with Gasteiger partial charge in [-0.3, -0.25) is 9.59 Å². The summed E-state index contributed by atoms with van der Waals surface area (Å²) in [4.78, 5) is 40.2. The van der Waals surface area contributed by atoms with Crippen molar-refractivity contribution in [3.8, 4) is 5.69 Å². The zero-order chi connectivity index (χ0) is 26.2. The van der Waals surface area contributed by atoms with Crippen molar-refractivity contribution in [2.45, 2.75) is 38.0 Å². The predicted molar refractivity (Wildman–Crippen MR) is 141 cm³/mol. The molecule has 4 aromatic rings. The van der Waals surface area contributed by atoms with E-state index in [2.05, 4.69) is 10.4 Å². The lowest BCUT2D eigenvalue weighted by atomic mass is 9.78. The highest BCUT2D eigenvalue weighted by Gasteiger charge is 2.43. The molecule has 2 aromatic carbocycles. The first-order chi connectivity index (χ1) is 17.8. The van der Waals surface area contributed by atoms with Crippen molar-refractivity contribution < 1.29 is 18.7 Å². The topological polar surface area (TPSA) is 90.3 Å². The third kappa shape index (κ3) is 4.53. The fourth-order valence-corrected chi connectivity index (χ4v) is 5.95. The van der Waals surface area contributed by atoms with Crippen LogP contribution in [0.25, 0.3) is 16.5 Å². The lowest BCUT2D eigenvalue weighted by Gasteiger charge is -2.28. The molecule has 37 heavy (non-hydrogen) atoms. The first-order valence-corrected chi connectivity index (χ1v) is 13.1. The van der Waals surface area contributed by atoms with Crippen molar-refractivity contribution >= 4 is 50.6 Å². The number of fused-ring (bicyclic) bond motifs is 1. The minimum Gasteiger partial charge on any atom is -0.461 e. The number of hydrogen-bond acceptors (Lipinski definition) is 6. The molecule has 0 bridgehead atoms. The Bertz CT molecular complexity index is 1560. The van der Waals surface area contributed by atoms with Crippen molar-refractivity contribution in [1.82, 2.24) is 9.78 Å². The minimum absolute atomic E-state index is 0.0919. The summed E-state index contributed by atoms with van der Waals surface area (Å²) in [6, 6.07) is 12.6. The van der Waals surface area contributed by atoms with Crippen LogP contribution in [0.3, 0.4) is 0 Å². The molecule has 190 valence electrons. The van der Waals surface area contributed by atoms with E-state index in [0.29, 0.717) is 22.9 Å². The number of thiophene rings is 1. The first-order valence-electron chi connectivity index (χ1n) is 11.9. The minimum atomic E-state index is -0.764. The Morgan fingerprint density at radius 2 is 1.92 bits per heavy atom. The number of benzene rings is 2. The van der Waals surface area contributed by atoms with Crippen LogP contribution in [0, 0.1) is 5.82 Å². The van der Waals surface area contributed by atoms with Gasteiger partial charge in [0.25, 0.3) is 5.56 Å². The average Bonchev–Trinajstić information content (AvgIpc) is 3.54. The van der Waals surface area contributed by atoms with E-state index in [0.717, 1.165) is 40.5 Å². The Morgan fingerprint density at radius 1 is 1.19 bits per heavy atom. The van der Waals surface area contributed by atoms with Gasteiger partial charge in [-0.15, -0.1) is 11.3 Å². The number of esters is 1. The second kappa shape index (κ2) is 10.1. The van der Waals surface area contributed by atoms with Gasteiger partial charge in [0.2, 0.25) is 5.91 Å². The van der Waals surface area contributed by atoms with Gasteiger partial charge in [-0.2, -0.15) is 9.78 Å². The van der Waals surface area contributed by atoms with Crippen molar-refractivity contribution in [2.75, 3.05) is 11.9 Å². The number of halogens is 2. The smallest absolute Gasteiger partial charge is 0.359 e. The van der Waals surface area contributed by atoms with Gasteiger partial charge in [0.15, 0.2) is 5.69 Å². The lowest BCUT2D eigenvalue weighted by molar-refractivity contribution is -0.121. The summed E-state index contributed by atoms with van der Waals surface area (Å²) < 4.78 is 20.1. The molecular weight excluding hydrogens is 517 g/mol. The summed E-state index contributed by atoms with van der Waals surface area (Å²) in [5.41, 5.74) is -0.435. The van der Waals surface area contributed by atoms with Crippen molar-refractivity contribution in [2.24, 2.45) is 0 Å². The molecule has 1 aliphatic rings. The number of ether oxygens (including phenoxy) is 1. The molecule has 1 saturated carbocycles. The summed E-state index contributed by atoms with van der Waals surface area (Å²) in [7, 11) is 0. The molecule has 0 unspecified atom stereocenters. The number of hydrogen-bond donors (Lipinski definition) is 1. The molecule has 1 N–H and O–H groups in total. The van der Waals surface area contributed by atoms with Gasteiger partial charge in [-0.1, -0.05) is 42.6 Å². The molecule has 2 heterocycles. The van der Waals surface area contributed by atoms with E-state index in [1.807, 2.05) is 12.1 Å². The lowest BCUT2D eigenvalue weighted by Crippen LogP contribution is -2.38. The van der Waals surface area contributed by atoms with Crippen LogP contribution in [-0.2, 0) is 14.9 Å². The quantitative estimate of drug-likeness (QED) is 0.310. The largest absolute Gasteiger partial charge is 0.461 e. The Morgan fingerprint density at radius 3 is 2.59 bits per heavy atom. The Labute approximate surface area is 220 Å². The second-order valence-electron chi connectivity index (χ2n) is 8.87. The standard InChI is InChI=1S/C27H23ClFN3O4S/c1-2-36-25(34)22-20-15-37-23(21(20)24(33)32(31-22)19-7-5-6-18(29)14-19)30-26(35)27(12-3-4-13-27)16-8-10-17(28)11-9-16/h5-11,14-15H,2-4,12-13H2,1H3,(H,30,35). The van der Waals surface area contributed by atoms with Crippen LogP contribution in [0.2, 0.25) is 5.02 Å². The van der Waals surface area contributed by atoms with Gasteiger partial charge in [0, 0.05) is 15.8 Å². The van der Waals surface area contributed by atoms with E-state index in [9.17, 15) is 18.8 Å². The average molecular weight is 540 g/mol. The maximum Gasteiger partial charge on any atom is 0.359 e. The van der Waals surface area contributed by atoms with Gasteiger partial charge in [-0.25, -0.2) is 9.18 Å². The Kier molecular flexibility index (Phi) is 6.83. The van der Waals surface area contributed by atoms with Crippen LogP contribution in [0.5, 0.6) is 0 Å². The van der Waals surface area contributed by atoms with Gasteiger partial charge < -0.3 is 10.1 Å². The Balaban J connectivity index is 1.64. The molecule has 0 radical (unpaired) electrons. The monoisotopic (exact) mass is 539 g/mol. The van der Waals surface area contributed by atoms with Crippen LogP contribution < -0.4 is 10.9 Å². The summed E-state index contributed by atoms with van der Waals surface area (Å²) in [5.74, 6) is -1.52. The molecule has 10 heteroatoms. The number of amides is 1. The van der Waals surface area contributed by atoms with Crippen molar-refractivity contribution in [3.63, 3.8) is 0 Å². The van der Waals surface area contributed by atoms with Gasteiger partial charge >= 0.3 is 5.97 Å². The van der Waals surface area contributed by atoms with Gasteiger partial charge in [0.1, 0.15) is 10.8 Å². The summed E-state index contributed by atoms with van der Waals surface area (Å²) >= 11 is 7.20. The normalized spacial score (nSPS) is 14.6. The molecular formula is C27H23ClFN3O4S. The van der Waals surface area contributed by atoms with Crippen LogP contribution in [0.4, 0.5) is 9.39 Å². The summed E-state index contributed by atoms with van der Waals surface area (Å²) in [5, 5.41) is 10.0. The van der Waals surface area contributed by atoms with E-state index in [1.165, 1.54) is 18.2 Å². The van der Waals surface area contributed by atoms with Crippen LogP contribution in [0.1, 0.15) is 48.7 Å². The molecule has 0 aliphatic heterocycles. The van der Waals surface area contributed by atoms with Crippen molar-refractivity contribution in [1.29, 1.82) is 0 Å². The molecule has 7 nitrogen and oxygen atoms in total. The van der Waals surface area contributed by atoms with E-state index in [-0.39, 0.29) is 34.7 Å². The molecule has 0 spiro atoms. The second-order valence-corrected chi connectivity index (χ2v) is 10.2. The van der Waals surface area contributed by atoms with E-state index >= 15 is 0 Å². The SMILES string of the molecule is CCOC(=O)c1nn(-c2cccc(F)c2)c(=O)c2c(NC(=O)C3(c4ccc(Cl)cc4)CCCC3)scc12. The van der Waals surface area contributed by atoms with Gasteiger partial charge in [-0.05, 0) is 55.7 Å². The molecule has 2 aromatic heterocycles. The number of nitrogens with one attached hydrogen (secondary N) is 1. The fraction of sp³-hybridized carbons (Fsp3) is 0.259. The van der Waals surface area contributed by atoms with E-state index in [4.69, 9.17) is 16.3 Å². The van der Waals surface area contributed by atoms with Crippen LogP contribution >= 0.6 is 22.9 Å². The summed E-state index contributed by atoms with van der Waals surface area (Å²) in [6.07, 6.45) is 3.11. The third-order valence-corrected chi connectivity index (χ3v) is 7.84. The highest BCUT2D eigenvalue weighted by atomic mass is 35.5. The van der Waals surface area contributed by atoms with Crippen molar-refractivity contribution in [3.05, 3.63) is 86.4 Å². The highest BCUT2D eigenvalue weighted by Crippen LogP contribution is 2.43. The van der Waals surface area contributed by atoms with E-state index < -0.39 is 22.8 Å². The predicted octanol–water partition coefficient (Wildman–Crippen LogP) is 5.87.